The molecule has 6 nitrogen and oxygen atoms in total. The maximum Gasteiger partial charge on any atom is 0.249 e. The van der Waals surface area contributed by atoms with Crippen molar-refractivity contribution in [2.45, 2.75) is 31.7 Å². The van der Waals surface area contributed by atoms with Crippen LogP contribution in [0.1, 0.15) is 42.6 Å². The highest BCUT2D eigenvalue weighted by molar-refractivity contribution is 9.10. The molecule has 0 spiro atoms. The number of nitrogens with one attached hydrogen (secondary N) is 1. The first kappa shape index (κ1) is 17.1. The van der Waals surface area contributed by atoms with Crippen molar-refractivity contribution in [3.63, 3.8) is 0 Å². The zero-order valence-electron chi connectivity index (χ0n) is 13.7. The lowest BCUT2D eigenvalue weighted by atomic mass is 10.1. The number of halogens is 1. The van der Waals surface area contributed by atoms with Crippen molar-refractivity contribution in [1.82, 2.24) is 20.4 Å². The average Bonchev–Trinajstić information content (AvgIpc) is 3.23. The number of carbonyl (C=O) groups is 1. The van der Waals surface area contributed by atoms with Gasteiger partial charge >= 0.3 is 0 Å². The molecule has 0 bridgehead atoms. The summed E-state index contributed by atoms with van der Waals surface area (Å²) in [6, 6.07) is 7.97. The van der Waals surface area contributed by atoms with Crippen molar-refractivity contribution in [3.05, 3.63) is 46.0 Å². The third kappa shape index (κ3) is 4.02. The van der Waals surface area contributed by atoms with Gasteiger partial charge in [-0.1, -0.05) is 33.2 Å². The van der Waals surface area contributed by atoms with Gasteiger partial charge in [0.25, 0.3) is 0 Å². The lowest BCUT2D eigenvalue weighted by Crippen LogP contribution is -2.32. The normalized spacial score (nSPS) is 17.4. The molecular weight excluding hydrogens is 372 g/mol. The van der Waals surface area contributed by atoms with Gasteiger partial charge in [0.05, 0.1) is 0 Å². The molecule has 1 amide bonds. The highest BCUT2D eigenvalue weighted by atomic mass is 79.9. The van der Waals surface area contributed by atoms with Gasteiger partial charge in [-0.3, -0.25) is 4.79 Å². The maximum absolute atomic E-state index is 12.3. The first-order chi connectivity index (χ1) is 11.7. The Kier molecular flexibility index (Phi) is 5.63. The maximum atomic E-state index is 12.3. The van der Waals surface area contributed by atoms with Crippen LogP contribution in [0.3, 0.4) is 0 Å². The minimum absolute atomic E-state index is 0.0828. The molecule has 0 radical (unpaired) electrons. The molecule has 1 aliphatic rings. The van der Waals surface area contributed by atoms with E-state index in [4.69, 9.17) is 4.52 Å². The molecule has 7 heteroatoms. The highest BCUT2D eigenvalue weighted by Crippen LogP contribution is 2.31. The van der Waals surface area contributed by atoms with E-state index in [2.05, 4.69) is 31.4 Å². The molecule has 1 N–H and O–H groups in total. The Bertz CT molecular complexity index is 686. The van der Waals surface area contributed by atoms with Crippen molar-refractivity contribution in [1.29, 1.82) is 0 Å². The monoisotopic (exact) mass is 392 g/mol. The summed E-state index contributed by atoms with van der Waals surface area (Å²) in [7, 11) is 1.85. The van der Waals surface area contributed by atoms with E-state index >= 15 is 0 Å². The van der Waals surface area contributed by atoms with E-state index in [1.54, 1.807) is 0 Å². The molecule has 1 aliphatic heterocycles. The molecule has 1 aromatic carbocycles. The number of aromatic nitrogens is 2. The van der Waals surface area contributed by atoms with Crippen molar-refractivity contribution in [2.75, 3.05) is 20.1 Å². The summed E-state index contributed by atoms with van der Waals surface area (Å²) in [5.74, 6) is 1.35. The summed E-state index contributed by atoms with van der Waals surface area (Å²) < 4.78 is 6.49. The molecule has 2 aromatic rings. The van der Waals surface area contributed by atoms with Gasteiger partial charge in [0.1, 0.15) is 6.04 Å². The molecule has 128 valence electrons. The quantitative estimate of drug-likeness (QED) is 0.817. The summed E-state index contributed by atoms with van der Waals surface area (Å²) in [6.07, 6.45) is 2.97. The van der Waals surface area contributed by atoms with Gasteiger partial charge in [0.2, 0.25) is 11.8 Å². The Labute approximate surface area is 149 Å². The lowest BCUT2D eigenvalue weighted by Gasteiger charge is -2.21. The van der Waals surface area contributed by atoms with Crippen LogP contribution >= 0.6 is 15.9 Å². The molecule has 0 aliphatic carbocycles. The molecule has 1 aromatic heterocycles. The van der Waals surface area contributed by atoms with Crippen LogP contribution in [0.15, 0.2) is 33.3 Å². The van der Waals surface area contributed by atoms with Gasteiger partial charge in [-0.2, -0.15) is 4.98 Å². The SMILES string of the molecule is CNCCC(=O)N1CCCC1c1nc(Cc2ccc(Br)cc2)no1. The number of nitrogens with zero attached hydrogens (tertiary/aromatic N) is 3. The van der Waals surface area contributed by atoms with Crippen molar-refractivity contribution >= 4 is 21.8 Å². The van der Waals surface area contributed by atoms with Gasteiger partial charge in [0, 0.05) is 30.4 Å². The summed E-state index contributed by atoms with van der Waals surface area (Å²) in [5, 5.41) is 7.10. The fourth-order valence-electron chi connectivity index (χ4n) is 2.96. The van der Waals surface area contributed by atoms with Crippen molar-refractivity contribution in [3.8, 4) is 0 Å². The number of amides is 1. The van der Waals surface area contributed by atoms with E-state index in [0.29, 0.717) is 31.1 Å². The summed E-state index contributed by atoms with van der Waals surface area (Å²) >= 11 is 3.43. The van der Waals surface area contributed by atoms with Gasteiger partial charge in [-0.05, 0) is 37.6 Å². The average molecular weight is 393 g/mol. The molecule has 2 heterocycles. The minimum Gasteiger partial charge on any atom is -0.337 e. The molecule has 0 saturated carbocycles. The molecule has 1 atom stereocenters. The van der Waals surface area contributed by atoms with Crippen molar-refractivity contribution in [2.24, 2.45) is 0 Å². The van der Waals surface area contributed by atoms with Crippen molar-refractivity contribution < 1.29 is 9.32 Å². The number of hydrogen-bond donors (Lipinski definition) is 1. The van der Waals surface area contributed by atoms with Crippen LogP contribution in [-0.2, 0) is 11.2 Å². The number of rotatable bonds is 6. The second-order valence-electron chi connectivity index (χ2n) is 5.95. The second-order valence-corrected chi connectivity index (χ2v) is 6.87. The van der Waals surface area contributed by atoms with Crippen LogP contribution < -0.4 is 5.32 Å². The van der Waals surface area contributed by atoms with Crippen LogP contribution in [-0.4, -0.2) is 41.1 Å². The Balaban J connectivity index is 1.67. The van der Waals surface area contributed by atoms with E-state index < -0.39 is 0 Å². The van der Waals surface area contributed by atoms with Gasteiger partial charge in [-0.15, -0.1) is 0 Å². The molecule has 1 fully saturated rings. The number of likely N-dealkylation sites (tertiary alicyclic amines) is 1. The molecule has 24 heavy (non-hydrogen) atoms. The minimum atomic E-state index is -0.0828. The van der Waals surface area contributed by atoms with E-state index in [9.17, 15) is 4.79 Å². The van der Waals surface area contributed by atoms with Gasteiger partial charge < -0.3 is 14.7 Å². The van der Waals surface area contributed by atoms with E-state index in [0.717, 1.165) is 29.4 Å². The predicted molar refractivity (Wildman–Crippen MR) is 93.5 cm³/mol. The Hall–Kier alpha value is -1.73. The number of carbonyl (C=O) groups excluding carboxylic acids is 1. The standard InChI is InChI=1S/C17H21BrN4O2/c1-19-9-8-16(23)22-10-2-3-14(22)17-20-15(21-24-17)11-12-4-6-13(18)7-5-12/h4-7,14,19H,2-3,8-11H2,1H3. The Morgan fingerprint density at radius 1 is 1.42 bits per heavy atom. The van der Waals surface area contributed by atoms with Crippen LogP contribution in [0, 0.1) is 0 Å². The number of benzene rings is 1. The Morgan fingerprint density at radius 3 is 2.96 bits per heavy atom. The summed E-state index contributed by atoms with van der Waals surface area (Å²) in [6.45, 7) is 1.44. The van der Waals surface area contributed by atoms with Gasteiger partial charge in [0.15, 0.2) is 5.82 Å². The second kappa shape index (κ2) is 7.90. The fraction of sp³-hybridized carbons (Fsp3) is 0.471. The molecule has 3 rings (SSSR count). The van der Waals surface area contributed by atoms with E-state index in [1.165, 1.54) is 0 Å². The smallest absolute Gasteiger partial charge is 0.249 e. The molecule has 1 unspecified atom stereocenters. The zero-order valence-corrected chi connectivity index (χ0v) is 15.3. The van der Waals surface area contributed by atoms with E-state index in [-0.39, 0.29) is 11.9 Å². The first-order valence-electron chi connectivity index (χ1n) is 8.18. The molecule has 1 saturated heterocycles. The third-order valence-corrected chi connectivity index (χ3v) is 4.74. The highest BCUT2D eigenvalue weighted by Gasteiger charge is 2.33. The lowest BCUT2D eigenvalue weighted by molar-refractivity contribution is -0.132. The van der Waals surface area contributed by atoms with E-state index in [1.807, 2.05) is 36.2 Å². The zero-order chi connectivity index (χ0) is 16.9. The van der Waals surface area contributed by atoms with Crippen LogP contribution in [0.5, 0.6) is 0 Å². The summed E-state index contributed by atoms with van der Waals surface area (Å²) in [5.41, 5.74) is 1.12. The topological polar surface area (TPSA) is 71.3 Å². The largest absolute Gasteiger partial charge is 0.337 e. The number of hydrogen-bond acceptors (Lipinski definition) is 5. The van der Waals surface area contributed by atoms with Crippen LogP contribution in [0.25, 0.3) is 0 Å². The van der Waals surface area contributed by atoms with Crippen LogP contribution in [0.4, 0.5) is 0 Å². The Morgan fingerprint density at radius 2 is 2.21 bits per heavy atom. The van der Waals surface area contributed by atoms with Crippen LogP contribution in [0.2, 0.25) is 0 Å². The van der Waals surface area contributed by atoms with Gasteiger partial charge in [-0.25, -0.2) is 0 Å². The molecular formula is C17H21BrN4O2. The first-order valence-corrected chi connectivity index (χ1v) is 8.97. The predicted octanol–water partition coefficient (Wildman–Crippen LogP) is 2.70. The third-order valence-electron chi connectivity index (χ3n) is 4.21. The summed E-state index contributed by atoms with van der Waals surface area (Å²) in [4.78, 5) is 18.7. The fourth-order valence-corrected chi connectivity index (χ4v) is 3.22.